The third-order valence-electron chi connectivity index (χ3n) is 11.2. The zero-order valence-electron chi connectivity index (χ0n) is 26.6. The molecular weight excluding hydrogens is 530 g/mol. The van der Waals surface area contributed by atoms with Crippen LogP contribution < -0.4 is 4.90 Å². The van der Waals surface area contributed by atoms with E-state index in [1.54, 1.807) is 0 Å². The molecule has 0 N–H and O–H groups in total. The molecule has 0 aromatic heterocycles. The average molecular weight is 570 g/mol. The van der Waals surface area contributed by atoms with E-state index >= 15 is 0 Å². The Bertz CT molecular complexity index is 2090. The number of benzene rings is 6. The van der Waals surface area contributed by atoms with Gasteiger partial charge in [0.25, 0.3) is 0 Å². The molecule has 0 saturated heterocycles. The van der Waals surface area contributed by atoms with Crippen molar-refractivity contribution in [3.05, 3.63) is 150 Å². The number of fused-ring (bicyclic) bond motifs is 7. The Morgan fingerprint density at radius 3 is 1.80 bits per heavy atom. The van der Waals surface area contributed by atoms with Crippen LogP contribution in [0.1, 0.15) is 63.8 Å². The van der Waals surface area contributed by atoms with Crippen molar-refractivity contribution in [2.75, 3.05) is 4.90 Å². The monoisotopic (exact) mass is 569 g/mol. The summed E-state index contributed by atoms with van der Waals surface area (Å²) in [4.78, 5) is 2.53. The zero-order chi connectivity index (χ0) is 30.4. The van der Waals surface area contributed by atoms with Crippen LogP contribution in [0.2, 0.25) is 0 Å². The maximum absolute atomic E-state index is 2.53. The van der Waals surface area contributed by atoms with Gasteiger partial charge in [-0.1, -0.05) is 139 Å². The van der Waals surface area contributed by atoms with E-state index in [2.05, 4.69) is 174 Å². The molecule has 0 radical (unpaired) electrons. The first-order chi connectivity index (χ1) is 21.1. The topological polar surface area (TPSA) is 3.24 Å². The first-order valence-electron chi connectivity index (χ1n) is 15.9. The van der Waals surface area contributed by atoms with E-state index in [0.717, 1.165) is 0 Å². The van der Waals surface area contributed by atoms with Gasteiger partial charge in [0.2, 0.25) is 0 Å². The van der Waals surface area contributed by atoms with E-state index in [1.165, 1.54) is 72.3 Å². The second-order valence-corrected chi connectivity index (χ2v) is 14.2. The largest absolute Gasteiger partial charge is 0.309 e. The van der Waals surface area contributed by atoms with Gasteiger partial charge in [0.1, 0.15) is 0 Å². The predicted molar refractivity (Wildman–Crippen MR) is 188 cm³/mol. The van der Waals surface area contributed by atoms with Crippen molar-refractivity contribution in [3.8, 4) is 22.3 Å². The van der Waals surface area contributed by atoms with E-state index < -0.39 is 0 Å². The van der Waals surface area contributed by atoms with Crippen LogP contribution in [0.4, 0.5) is 17.1 Å². The summed E-state index contributed by atoms with van der Waals surface area (Å²) >= 11 is 0. The Morgan fingerprint density at radius 2 is 1.02 bits per heavy atom. The first-order valence-corrected chi connectivity index (χ1v) is 15.9. The molecule has 0 bridgehead atoms. The van der Waals surface area contributed by atoms with Gasteiger partial charge >= 0.3 is 0 Å². The zero-order valence-corrected chi connectivity index (χ0v) is 26.6. The SMILES string of the molecule is CC1(C)c2ccccc2-c2c1cc1ccccc1c2N(c1ccccc1)c1ccc2c(c1)C(C)(C)C(C)(C)c1ccccc1-2. The third kappa shape index (κ3) is 3.53. The molecule has 0 unspecified atom stereocenters. The lowest BCUT2D eigenvalue weighted by molar-refractivity contribution is 0.299. The van der Waals surface area contributed by atoms with Crippen molar-refractivity contribution >= 4 is 27.8 Å². The molecule has 0 heterocycles. The van der Waals surface area contributed by atoms with Gasteiger partial charge in [0, 0.05) is 27.7 Å². The van der Waals surface area contributed by atoms with Crippen LogP contribution in [0.15, 0.2) is 127 Å². The quantitative estimate of drug-likeness (QED) is 0.205. The minimum Gasteiger partial charge on any atom is -0.309 e. The molecule has 1 nitrogen and oxygen atoms in total. The lowest BCUT2D eigenvalue weighted by Gasteiger charge is -2.48. The molecule has 2 aliphatic carbocycles. The molecule has 44 heavy (non-hydrogen) atoms. The highest BCUT2D eigenvalue weighted by molar-refractivity contribution is 6.09. The molecule has 6 aromatic rings. The van der Waals surface area contributed by atoms with Gasteiger partial charge in [-0.3, -0.25) is 0 Å². The van der Waals surface area contributed by atoms with Crippen molar-refractivity contribution in [2.24, 2.45) is 0 Å². The standard InChI is InChI=1S/C43H39N/c1-41(2)35-22-14-13-21-34(35)39-38(41)26-28-16-10-11-19-31(28)40(39)44(29-17-8-7-9-18-29)30-24-25-33-32-20-12-15-23-36(32)42(3,4)43(5,6)37(33)27-30/h7-27H,1-6H3. The summed E-state index contributed by atoms with van der Waals surface area (Å²) in [6.07, 6.45) is 0. The van der Waals surface area contributed by atoms with E-state index in [0.29, 0.717) is 0 Å². The fourth-order valence-corrected chi connectivity index (χ4v) is 8.06. The lowest BCUT2D eigenvalue weighted by atomic mass is 9.55. The van der Waals surface area contributed by atoms with Crippen LogP contribution >= 0.6 is 0 Å². The molecule has 0 aliphatic heterocycles. The summed E-state index contributed by atoms with van der Waals surface area (Å²) in [7, 11) is 0. The van der Waals surface area contributed by atoms with E-state index in [4.69, 9.17) is 0 Å². The Hall–Kier alpha value is -4.62. The third-order valence-corrected chi connectivity index (χ3v) is 11.2. The Morgan fingerprint density at radius 1 is 0.432 bits per heavy atom. The van der Waals surface area contributed by atoms with Crippen LogP contribution in [0.5, 0.6) is 0 Å². The maximum atomic E-state index is 2.53. The summed E-state index contributed by atoms with van der Waals surface area (Å²) in [5.74, 6) is 0. The van der Waals surface area contributed by atoms with Crippen LogP contribution in [0, 0.1) is 0 Å². The number of anilines is 3. The van der Waals surface area contributed by atoms with E-state index in [1.807, 2.05) is 0 Å². The van der Waals surface area contributed by atoms with Crippen molar-refractivity contribution in [3.63, 3.8) is 0 Å². The Balaban J connectivity index is 1.48. The highest BCUT2D eigenvalue weighted by atomic mass is 15.1. The van der Waals surface area contributed by atoms with Gasteiger partial charge in [-0.15, -0.1) is 0 Å². The molecule has 2 aliphatic rings. The molecule has 0 spiro atoms. The molecule has 0 atom stereocenters. The van der Waals surface area contributed by atoms with Crippen molar-refractivity contribution < 1.29 is 0 Å². The normalized spacial score (nSPS) is 16.5. The van der Waals surface area contributed by atoms with Gasteiger partial charge < -0.3 is 4.90 Å². The van der Waals surface area contributed by atoms with Crippen LogP contribution in [0.3, 0.4) is 0 Å². The fraction of sp³-hybridized carbons (Fsp3) is 0.209. The molecule has 0 fully saturated rings. The van der Waals surface area contributed by atoms with Gasteiger partial charge in [-0.25, -0.2) is 0 Å². The Kier molecular flexibility index (Phi) is 5.63. The lowest BCUT2D eigenvalue weighted by Crippen LogP contribution is -2.43. The molecule has 8 rings (SSSR count). The number of hydrogen-bond acceptors (Lipinski definition) is 1. The number of para-hydroxylation sites is 1. The van der Waals surface area contributed by atoms with Gasteiger partial charge in [-0.2, -0.15) is 0 Å². The molecule has 6 aromatic carbocycles. The summed E-state index contributed by atoms with van der Waals surface area (Å²) in [5, 5.41) is 2.54. The second-order valence-electron chi connectivity index (χ2n) is 14.2. The number of hydrogen-bond donors (Lipinski definition) is 0. The van der Waals surface area contributed by atoms with Crippen molar-refractivity contribution in [2.45, 2.75) is 57.8 Å². The number of nitrogens with zero attached hydrogens (tertiary/aromatic N) is 1. The predicted octanol–water partition coefficient (Wildman–Crippen LogP) is 11.9. The van der Waals surface area contributed by atoms with Crippen molar-refractivity contribution in [1.82, 2.24) is 0 Å². The van der Waals surface area contributed by atoms with Gasteiger partial charge in [0.05, 0.1) is 5.69 Å². The fourth-order valence-electron chi connectivity index (χ4n) is 8.06. The van der Waals surface area contributed by atoms with Gasteiger partial charge in [0.15, 0.2) is 0 Å². The average Bonchev–Trinajstić information content (AvgIpc) is 3.26. The highest BCUT2D eigenvalue weighted by Crippen LogP contribution is 2.58. The molecular formula is C43H39N. The number of rotatable bonds is 3. The highest BCUT2D eigenvalue weighted by Gasteiger charge is 2.46. The molecule has 216 valence electrons. The molecule has 1 heteroatoms. The Labute approximate surface area is 261 Å². The van der Waals surface area contributed by atoms with Gasteiger partial charge in [-0.05, 0) is 85.5 Å². The smallest absolute Gasteiger partial charge is 0.0621 e. The second kappa shape index (κ2) is 9.19. The summed E-state index contributed by atoms with van der Waals surface area (Å²) in [5.41, 5.74) is 14.4. The maximum Gasteiger partial charge on any atom is 0.0621 e. The molecule has 0 saturated carbocycles. The molecule has 0 amide bonds. The van der Waals surface area contributed by atoms with Crippen molar-refractivity contribution in [1.29, 1.82) is 0 Å². The van der Waals surface area contributed by atoms with Crippen LogP contribution in [-0.2, 0) is 16.2 Å². The van der Waals surface area contributed by atoms with Crippen LogP contribution in [-0.4, -0.2) is 0 Å². The minimum absolute atomic E-state index is 0.0313. The van der Waals surface area contributed by atoms with E-state index in [-0.39, 0.29) is 16.2 Å². The summed E-state index contributed by atoms with van der Waals surface area (Å²) in [6.45, 7) is 14.4. The van der Waals surface area contributed by atoms with Crippen LogP contribution in [0.25, 0.3) is 33.0 Å². The van der Waals surface area contributed by atoms with E-state index in [9.17, 15) is 0 Å². The minimum atomic E-state index is -0.0986. The first kappa shape index (κ1) is 27.0. The summed E-state index contributed by atoms with van der Waals surface area (Å²) in [6, 6.07) is 47.5. The summed E-state index contributed by atoms with van der Waals surface area (Å²) < 4.78 is 0.